The summed E-state index contributed by atoms with van der Waals surface area (Å²) in [6.07, 6.45) is 0.433. The molecular weight excluding hydrogens is 312 g/mol. The van der Waals surface area contributed by atoms with Crippen LogP contribution in [0.3, 0.4) is 0 Å². The molecule has 0 aromatic carbocycles. The first kappa shape index (κ1) is 13.4. The van der Waals surface area contributed by atoms with Crippen LogP contribution in [0, 0.1) is 13.8 Å². The molecule has 3 aromatic rings. The summed E-state index contributed by atoms with van der Waals surface area (Å²) in [6.45, 7) is 3.60. The quantitative estimate of drug-likeness (QED) is 0.694. The fraction of sp³-hybridized carbons (Fsp3) is 0.400. The van der Waals surface area contributed by atoms with E-state index in [9.17, 15) is 8.78 Å². The van der Waals surface area contributed by atoms with E-state index in [1.807, 2.05) is 6.92 Å². The summed E-state index contributed by atoms with van der Waals surface area (Å²) < 4.78 is 32.2. The maximum Gasteiger partial charge on any atom is 0.383 e. The van der Waals surface area contributed by atoms with Crippen molar-refractivity contribution in [2.75, 3.05) is 0 Å². The fourth-order valence-corrected chi connectivity index (χ4v) is 2.77. The maximum absolute atomic E-state index is 13.1. The highest BCUT2D eigenvalue weighted by Gasteiger charge is 2.35. The van der Waals surface area contributed by atoms with Gasteiger partial charge in [-0.05, 0) is 25.4 Å². The summed E-state index contributed by atoms with van der Waals surface area (Å²) >= 11 is 6.13. The predicted molar refractivity (Wildman–Crippen MR) is 67.2 cm³/mol. The minimum absolute atomic E-state index is 0.266. The lowest BCUT2D eigenvalue weighted by atomic mass is 10.1. The van der Waals surface area contributed by atoms with Crippen molar-refractivity contribution >= 4 is 27.9 Å². The van der Waals surface area contributed by atoms with E-state index in [0.717, 1.165) is 15.8 Å². The number of alkyl halides is 3. The normalized spacial score (nSPS) is 12.4. The van der Waals surface area contributed by atoms with Gasteiger partial charge in [0.15, 0.2) is 0 Å². The highest BCUT2D eigenvalue weighted by atomic mass is 35.5. The lowest BCUT2D eigenvalue weighted by Gasteiger charge is -2.01. The molecule has 0 fully saturated rings. The third-order valence-electron chi connectivity index (χ3n) is 2.80. The smallest absolute Gasteiger partial charge is 0.361 e. The van der Waals surface area contributed by atoms with Gasteiger partial charge < -0.3 is 4.52 Å². The molecule has 3 aromatic heterocycles. The van der Waals surface area contributed by atoms with Gasteiger partial charge in [-0.2, -0.15) is 18.4 Å². The van der Waals surface area contributed by atoms with Crippen LogP contribution in [-0.4, -0.2) is 25.0 Å². The molecule has 0 aliphatic carbocycles. The Hall–Kier alpha value is -1.61. The zero-order chi connectivity index (χ0) is 14.5. The number of aryl methyl sites for hydroxylation is 2. The first-order valence-electron chi connectivity index (χ1n) is 5.56. The summed E-state index contributed by atoms with van der Waals surface area (Å²) in [5.74, 6) is -0.00760. The lowest BCUT2D eigenvalue weighted by molar-refractivity contribution is 0.0820. The minimum Gasteiger partial charge on any atom is -0.361 e. The molecule has 0 bridgehead atoms. The van der Waals surface area contributed by atoms with E-state index in [2.05, 4.69) is 20.5 Å². The van der Waals surface area contributed by atoms with Crippen molar-refractivity contribution in [1.82, 2.24) is 25.0 Å². The number of hydrogen-bond donors (Lipinski definition) is 0. The molecule has 0 saturated carbocycles. The Bertz CT molecular complexity index is 755. The van der Waals surface area contributed by atoms with Gasteiger partial charge >= 0.3 is 5.38 Å². The minimum atomic E-state index is -3.60. The topological polar surface area (TPSA) is 69.1 Å². The van der Waals surface area contributed by atoms with Crippen LogP contribution in [0.1, 0.15) is 27.8 Å². The standard InChI is InChI=1S/C10H8ClF2N5OS/c1-4-6(5(2)19-17-4)3-7-16-18-8(10(11,12)13)14-15-9(18)20-7/h3H2,1-2H3. The van der Waals surface area contributed by atoms with Gasteiger partial charge in [0.2, 0.25) is 10.8 Å². The molecule has 3 rings (SSSR count). The second-order valence-electron chi connectivity index (χ2n) is 4.19. The van der Waals surface area contributed by atoms with E-state index in [0.29, 0.717) is 17.2 Å². The highest BCUT2D eigenvalue weighted by molar-refractivity contribution is 7.16. The van der Waals surface area contributed by atoms with E-state index in [1.54, 1.807) is 6.92 Å². The first-order valence-corrected chi connectivity index (χ1v) is 6.76. The van der Waals surface area contributed by atoms with Crippen LogP contribution in [-0.2, 0) is 11.8 Å². The van der Waals surface area contributed by atoms with Crippen molar-refractivity contribution in [3.05, 3.63) is 27.8 Å². The van der Waals surface area contributed by atoms with E-state index in [-0.39, 0.29) is 4.96 Å². The van der Waals surface area contributed by atoms with Gasteiger partial charge in [0.05, 0.1) is 5.69 Å². The van der Waals surface area contributed by atoms with Crippen LogP contribution in [0.15, 0.2) is 4.52 Å². The molecule has 0 spiro atoms. The van der Waals surface area contributed by atoms with Crippen molar-refractivity contribution in [3.63, 3.8) is 0 Å². The SMILES string of the molecule is Cc1noc(C)c1Cc1nn2c(C(F)(F)Cl)nnc2s1. The zero-order valence-electron chi connectivity index (χ0n) is 10.4. The number of fused-ring (bicyclic) bond motifs is 1. The van der Waals surface area contributed by atoms with Crippen LogP contribution >= 0.6 is 22.9 Å². The Balaban J connectivity index is 2.00. The molecule has 106 valence electrons. The molecule has 3 heterocycles. The summed E-state index contributed by atoms with van der Waals surface area (Å²) in [4.78, 5) is 0.266. The number of rotatable bonds is 3. The van der Waals surface area contributed by atoms with E-state index in [1.165, 1.54) is 11.3 Å². The molecule has 6 nitrogen and oxygen atoms in total. The molecular formula is C10H8ClF2N5OS. The number of halogens is 3. The fourth-order valence-electron chi connectivity index (χ4n) is 1.81. The lowest BCUT2D eigenvalue weighted by Crippen LogP contribution is -2.10. The van der Waals surface area contributed by atoms with Crippen molar-refractivity contribution in [2.45, 2.75) is 25.7 Å². The molecule has 0 radical (unpaired) electrons. The Labute approximate surface area is 120 Å². The van der Waals surface area contributed by atoms with Crippen LogP contribution in [0.2, 0.25) is 0 Å². The average Bonchev–Trinajstić information content (AvgIpc) is 2.97. The van der Waals surface area contributed by atoms with Gasteiger partial charge in [0.1, 0.15) is 10.8 Å². The summed E-state index contributed by atoms with van der Waals surface area (Å²) in [5.41, 5.74) is 1.63. The number of nitrogens with zero attached hydrogens (tertiary/aromatic N) is 5. The van der Waals surface area contributed by atoms with Crippen molar-refractivity contribution in [3.8, 4) is 0 Å². The summed E-state index contributed by atoms with van der Waals surface area (Å²) in [5, 5.41) is 11.9. The summed E-state index contributed by atoms with van der Waals surface area (Å²) in [7, 11) is 0. The molecule has 0 aliphatic rings. The van der Waals surface area contributed by atoms with Gasteiger partial charge in [-0.15, -0.1) is 10.2 Å². The molecule has 0 aliphatic heterocycles. The Kier molecular flexibility index (Phi) is 2.98. The third kappa shape index (κ3) is 2.16. The van der Waals surface area contributed by atoms with Gasteiger partial charge in [0.25, 0.3) is 0 Å². The molecule has 0 amide bonds. The average molecular weight is 320 g/mol. The first-order chi connectivity index (χ1) is 9.36. The van der Waals surface area contributed by atoms with Crippen molar-refractivity contribution in [1.29, 1.82) is 0 Å². The second kappa shape index (κ2) is 4.45. The van der Waals surface area contributed by atoms with Crippen molar-refractivity contribution < 1.29 is 13.3 Å². The highest BCUT2D eigenvalue weighted by Crippen LogP contribution is 2.32. The van der Waals surface area contributed by atoms with Crippen LogP contribution in [0.25, 0.3) is 4.96 Å². The molecule has 0 saturated heterocycles. The maximum atomic E-state index is 13.1. The zero-order valence-corrected chi connectivity index (χ0v) is 12.0. The second-order valence-corrected chi connectivity index (χ2v) is 5.71. The van der Waals surface area contributed by atoms with Crippen molar-refractivity contribution in [2.24, 2.45) is 0 Å². The van der Waals surface area contributed by atoms with E-state index in [4.69, 9.17) is 16.1 Å². The molecule has 10 heteroatoms. The predicted octanol–water partition coefficient (Wildman–Crippen LogP) is 2.67. The molecule has 0 atom stereocenters. The number of aromatic nitrogens is 5. The Morgan fingerprint density at radius 1 is 1.35 bits per heavy atom. The van der Waals surface area contributed by atoms with Crippen LogP contribution < -0.4 is 0 Å². The molecule has 20 heavy (non-hydrogen) atoms. The molecule has 0 unspecified atom stereocenters. The van der Waals surface area contributed by atoms with E-state index < -0.39 is 11.2 Å². The van der Waals surface area contributed by atoms with Gasteiger partial charge in [-0.1, -0.05) is 16.5 Å². The largest absolute Gasteiger partial charge is 0.383 e. The van der Waals surface area contributed by atoms with Gasteiger partial charge in [-0.3, -0.25) is 0 Å². The van der Waals surface area contributed by atoms with Gasteiger partial charge in [-0.25, -0.2) is 0 Å². The van der Waals surface area contributed by atoms with Crippen LogP contribution in [0.4, 0.5) is 8.78 Å². The summed E-state index contributed by atoms with van der Waals surface area (Å²) in [6, 6.07) is 0. The van der Waals surface area contributed by atoms with E-state index >= 15 is 0 Å². The monoisotopic (exact) mass is 319 g/mol. The Morgan fingerprint density at radius 2 is 2.10 bits per heavy atom. The van der Waals surface area contributed by atoms with Gasteiger partial charge in [0, 0.05) is 12.0 Å². The Morgan fingerprint density at radius 3 is 2.70 bits per heavy atom. The van der Waals surface area contributed by atoms with Crippen LogP contribution in [0.5, 0.6) is 0 Å². The number of hydrogen-bond acceptors (Lipinski definition) is 6. The third-order valence-corrected chi connectivity index (χ3v) is 3.86. The molecule has 0 N–H and O–H groups in total.